The molecule has 0 fully saturated rings. The highest BCUT2D eigenvalue weighted by atomic mass is 16.5. The predicted octanol–water partition coefficient (Wildman–Crippen LogP) is 3.70. The van der Waals surface area contributed by atoms with Crippen LogP contribution in [0.4, 0.5) is 0 Å². The summed E-state index contributed by atoms with van der Waals surface area (Å²) in [5.74, 6) is 2.60. The Morgan fingerprint density at radius 2 is 1.79 bits per heavy atom. The van der Waals surface area contributed by atoms with Crippen LogP contribution in [-0.4, -0.2) is 45.3 Å². The molecule has 0 spiro atoms. The molecule has 152 valence electrons. The Morgan fingerprint density at radius 1 is 1.04 bits per heavy atom. The number of fused-ring (bicyclic) bond motifs is 1. The molecule has 0 radical (unpaired) electrons. The van der Waals surface area contributed by atoms with Crippen molar-refractivity contribution < 1.29 is 9.53 Å². The van der Waals surface area contributed by atoms with Crippen molar-refractivity contribution in [3.05, 3.63) is 41.5 Å². The number of aryl methyl sites for hydroxylation is 3. The zero-order chi connectivity index (χ0) is 19.8. The van der Waals surface area contributed by atoms with E-state index in [-0.39, 0.29) is 12.5 Å². The summed E-state index contributed by atoms with van der Waals surface area (Å²) in [4.78, 5) is 19.1. The fourth-order valence-corrected chi connectivity index (χ4v) is 3.74. The second-order valence-electron chi connectivity index (χ2n) is 7.57. The summed E-state index contributed by atoms with van der Waals surface area (Å²) in [6, 6.07) is 8.33. The lowest BCUT2D eigenvalue weighted by molar-refractivity contribution is -0.132. The van der Waals surface area contributed by atoms with Crippen LogP contribution in [0.5, 0.6) is 5.75 Å². The third kappa shape index (κ3) is 5.81. The quantitative estimate of drug-likeness (QED) is 0.792. The van der Waals surface area contributed by atoms with Gasteiger partial charge in [0.15, 0.2) is 0 Å². The zero-order valence-corrected chi connectivity index (χ0v) is 17.2. The van der Waals surface area contributed by atoms with Gasteiger partial charge < -0.3 is 9.64 Å². The molecule has 3 rings (SSSR count). The van der Waals surface area contributed by atoms with Gasteiger partial charge in [-0.3, -0.25) is 4.79 Å². The summed E-state index contributed by atoms with van der Waals surface area (Å²) in [6.45, 7) is 6.15. The summed E-state index contributed by atoms with van der Waals surface area (Å²) >= 11 is 0. The van der Waals surface area contributed by atoms with Crippen molar-refractivity contribution in [1.29, 1.82) is 0 Å². The molecule has 2 heterocycles. The molecule has 0 saturated carbocycles. The summed E-state index contributed by atoms with van der Waals surface area (Å²) in [5, 5.41) is 4.33. The van der Waals surface area contributed by atoms with Gasteiger partial charge in [0.2, 0.25) is 5.91 Å². The van der Waals surface area contributed by atoms with Gasteiger partial charge in [-0.05, 0) is 51.2 Å². The molecule has 0 atom stereocenters. The van der Waals surface area contributed by atoms with Crippen LogP contribution in [0.15, 0.2) is 24.3 Å². The second kappa shape index (κ2) is 10.2. The third-order valence-electron chi connectivity index (χ3n) is 5.28. The van der Waals surface area contributed by atoms with Gasteiger partial charge in [-0.2, -0.15) is 5.10 Å². The van der Waals surface area contributed by atoms with Crippen LogP contribution >= 0.6 is 0 Å². The maximum Gasteiger partial charge on any atom is 0.244 e. The summed E-state index contributed by atoms with van der Waals surface area (Å²) in [5.41, 5.74) is 1.30. The number of rotatable bonds is 2. The van der Waals surface area contributed by atoms with E-state index < -0.39 is 0 Å². The molecule has 1 amide bonds. The first kappa shape index (κ1) is 20.4. The highest BCUT2D eigenvalue weighted by Crippen LogP contribution is 2.21. The van der Waals surface area contributed by atoms with Crippen molar-refractivity contribution in [2.24, 2.45) is 0 Å². The van der Waals surface area contributed by atoms with Crippen LogP contribution < -0.4 is 4.74 Å². The van der Waals surface area contributed by atoms with Crippen LogP contribution in [0.1, 0.15) is 55.7 Å². The molecule has 6 heteroatoms. The van der Waals surface area contributed by atoms with Crippen molar-refractivity contribution >= 4 is 5.91 Å². The van der Waals surface area contributed by atoms with Crippen molar-refractivity contribution in [2.75, 3.05) is 19.7 Å². The van der Waals surface area contributed by atoms with Crippen molar-refractivity contribution in [2.45, 2.75) is 65.3 Å². The summed E-state index contributed by atoms with van der Waals surface area (Å²) < 4.78 is 7.74. The Kier molecular flexibility index (Phi) is 7.46. The van der Waals surface area contributed by atoms with E-state index in [0.29, 0.717) is 19.0 Å². The van der Waals surface area contributed by atoms with E-state index in [2.05, 4.69) is 28.3 Å². The molecule has 0 aliphatic carbocycles. The molecule has 1 aliphatic rings. The monoisotopic (exact) mass is 384 g/mol. The number of carbonyl (C=O) groups is 1. The number of para-hydroxylation sites is 1. The first-order chi connectivity index (χ1) is 13.6. The Labute approximate surface area is 167 Å². The lowest BCUT2D eigenvalue weighted by atomic mass is 10.0. The summed E-state index contributed by atoms with van der Waals surface area (Å²) in [7, 11) is 0. The SMILES string of the molecule is Cc1nc(C)n(CC(=O)N2CCCCCCCc3ccccc3OCCC2)n1. The van der Waals surface area contributed by atoms with Gasteiger partial charge in [-0.1, -0.05) is 37.5 Å². The van der Waals surface area contributed by atoms with E-state index in [1.54, 1.807) is 4.68 Å². The number of hydrogen-bond acceptors (Lipinski definition) is 4. The van der Waals surface area contributed by atoms with E-state index in [0.717, 1.165) is 37.4 Å². The molecule has 28 heavy (non-hydrogen) atoms. The van der Waals surface area contributed by atoms with Gasteiger partial charge in [-0.15, -0.1) is 0 Å². The molecular formula is C22H32N4O2. The zero-order valence-electron chi connectivity index (χ0n) is 17.2. The average molecular weight is 385 g/mol. The predicted molar refractivity (Wildman–Crippen MR) is 109 cm³/mol. The van der Waals surface area contributed by atoms with Crippen LogP contribution in [0, 0.1) is 13.8 Å². The lowest BCUT2D eigenvalue weighted by Crippen LogP contribution is -2.36. The fraction of sp³-hybridized carbons (Fsp3) is 0.591. The first-order valence-corrected chi connectivity index (χ1v) is 10.5. The van der Waals surface area contributed by atoms with Crippen LogP contribution in [0.25, 0.3) is 0 Å². The normalized spacial score (nSPS) is 16.7. The van der Waals surface area contributed by atoms with E-state index in [1.165, 1.54) is 31.2 Å². The van der Waals surface area contributed by atoms with Gasteiger partial charge in [0.25, 0.3) is 0 Å². The first-order valence-electron chi connectivity index (χ1n) is 10.5. The van der Waals surface area contributed by atoms with Gasteiger partial charge in [-0.25, -0.2) is 9.67 Å². The van der Waals surface area contributed by atoms with Crippen LogP contribution in [0.2, 0.25) is 0 Å². The van der Waals surface area contributed by atoms with Crippen LogP contribution in [-0.2, 0) is 17.8 Å². The van der Waals surface area contributed by atoms with E-state index in [4.69, 9.17) is 4.74 Å². The number of carbonyl (C=O) groups excluding carboxylic acids is 1. The number of hydrogen-bond donors (Lipinski definition) is 0. The molecule has 1 aromatic heterocycles. The third-order valence-corrected chi connectivity index (χ3v) is 5.28. The Balaban J connectivity index is 1.61. The molecule has 0 N–H and O–H groups in total. The van der Waals surface area contributed by atoms with Crippen molar-refractivity contribution in [3.8, 4) is 5.75 Å². The minimum atomic E-state index is 0.112. The van der Waals surface area contributed by atoms with Crippen molar-refractivity contribution in [1.82, 2.24) is 19.7 Å². The lowest BCUT2D eigenvalue weighted by Gasteiger charge is -2.23. The van der Waals surface area contributed by atoms with E-state index in [1.807, 2.05) is 24.8 Å². The fourth-order valence-electron chi connectivity index (χ4n) is 3.74. The highest BCUT2D eigenvalue weighted by Gasteiger charge is 2.16. The molecule has 0 bridgehead atoms. The van der Waals surface area contributed by atoms with E-state index in [9.17, 15) is 4.79 Å². The molecule has 2 aromatic rings. The molecule has 0 unspecified atom stereocenters. The smallest absolute Gasteiger partial charge is 0.244 e. The molecule has 1 aromatic carbocycles. The molecule has 0 saturated heterocycles. The maximum atomic E-state index is 12.9. The van der Waals surface area contributed by atoms with Gasteiger partial charge in [0.1, 0.15) is 23.9 Å². The topological polar surface area (TPSA) is 60.2 Å². The Bertz CT molecular complexity index is 772. The average Bonchev–Trinajstić information content (AvgIpc) is 2.99. The van der Waals surface area contributed by atoms with Gasteiger partial charge in [0, 0.05) is 13.1 Å². The Morgan fingerprint density at radius 3 is 2.61 bits per heavy atom. The molecule has 6 nitrogen and oxygen atoms in total. The molecular weight excluding hydrogens is 352 g/mol. The molecule has 1 aliphatic heterocycles. The highest BCUT2D eigenvalue weighted by molar-refractivity contribution is 5.75. The van der Waals surface area contributed by atoms with Crippen molar-refractivity contribution in [3.63, 3.8) is 0 Å². The second-order valence-corrected chi connectivity index (χ2v) is 7.57. The van der Waals surface area contributed by atoms with Crippen LogP contribution in [0.3, 0.4) is 0 Å². The number of aromatic nitrogens is 3. The summed E-state index contributed by atoms with van der Waals surface area (Å²) in [6.07, 6.45) is 7.76. The van der Waals surface area contributed by atoms with E-state index >= 15 is 0 Å². The number of benzene rings is 1. The Hall–Kier alpha value is -2.37. The number of ether oxygens (including phenoxy) is 1. The minimum Gasteiger partial charge on any atom is -0.493 e. The van der Waals surface area contributed by atoms with Gasteiger partial charge >= 0.3 is 0 Å². The minimum absolute atomic E-state index is 0.112. The number of amides is 1. The number of nitrogens with zero attached hydrogens (tertiary/aromatic N) is 4. The standard InChI is InChI=1S/C22H32N4O2/c1-18-23-19(2)26(24-18)17-22(27)25-14-9-5-3-4-6-11-20-12-7-8-13-21(20)28-16-10-15-25/h7-8,12-13H,3-6,9-11,14-17H2,1-2H3. The maximum absolute atomic E-state index is 12.9. The van der Waals surface area contributed by atoms with Gasteiger partial charge in [0.05, 0.1) is 6.61 Å². The largest absolute Gasteiger partial charge is 0.493 e.